The van der Waals surface area contributed by atoms with Crippen LogP contribution < -0.4 is 9.62 Å². The Morgan fingerprint density at radius 2 is 1.80 bits per heavy atom. The van der Waals surface area contributed by atoms with Crippen LogP contribution in [0, 0.1) is 11.6 Å². The SMILES string of the molecule is O=S(=O)(Cc1cc(F)cc(F)c1)NCc1ccnc(N2CCCC2)n1. The molecule has 3 rings (SSSR count). The Kier molecular flexibility index (Phi) is 5.24. The van der Waals surface area contributed by atoms with E-state index in [4.69, 9.17) is 0 Å². The molecule has 0 atom stereocenters. The average Bonchev–Trinajstić information content (AvgIpc) is 3.06. The number of nitrogens with one attached hydrogen (secondary N) is 1. The zero-order valence-electron chi connectivity index (χ0n) is 13.5. The third-order valence-corrected chi connectivity index (χ3v) is 5.14. The quantitative estimate of drug-likeness (QED) is 0.844. The summed E-state index contributed by atoms with van der Waals surface area (Å²) < 4.78 is 53.0. The maximum absolute atomic E-state index is 13.2. The summed E-state index contributed by atoms with van der Waals surface area (Å²) in [6, 6.07) is 4.32. The van der Waals surface area contributed by atoms with Crippen LogP contribution in [0.5, 0.6) is 0 Å². The Balaban J connectivity index is 1.64. The van der Waals surface area contributed by atoms with E-state index in [1.165, 1.54) is 0 Å². The van der Waals surface area contributed by atoms with E-state index in [-0.39, 0.29) is 12.1 Å². The number of hydrogen-bond donors (Lipinski definition) is 1. The molecule has 1 aromatic heterocycles. The van der Waals surface area contributed by atoms with Gasteiger partial charge in [-0.15, -0.1) is 0 Å². The van der Waals surface area contributed by atoms with Crippen molar-refractivity contribution in [3.63, 3.8) is 0 Å². The minimum atomic E-state index is -3.76. The standard InChI is InChI=1S/C16H18F2N4O2S/c17-13-7-12(8-14(18)9-13)11-25(23,24)20-10-15-3-4-19-16(21-15)22-5-1-2-6-22/h3-4,7-9,20H,1-2,5-6,10-11H2. The van der Waals surface area contributed by atoms with Crippen molar-refractivity contribution in [2.75, 3.05) is 18.0 Å². The number of sulfonamides is 1. The minimum Gasteiger partial charge on any atom is -0.341 e. The molecule has 1 aliphatic heterocycles. The molecule has 2 heterocycles. The largest absolute Gasteiger partial charge is 0.341 e. The van der Waals surface area contributed by atoms with Crippen molar-refractivity contribution in [1.29, 1.82) is 0 Å². The molecular formula is C16H18F2N4O2S. The highest BCUT2D eigenvalue weighted by Crippen LogP contribution is 2.15. The molecule has 1 fully saturated rings. The first kappa shape index (κ1) is 17.7. The summed E-state index contributed by atoms with van der Waals surface area (Å²) in [4.78, 5) is 10.6. The smallest absolute Gasteiger partial charge is 0.225 e. The number of rotatable bonds is 6. The monoisotopic (exact) mass is 368 g/mol. The second kappa shape index (κ2) is 7.40. The lowest BCUT2D eigenvalue weighted by Crippen LogP contribution is -2.26. The van der Waals surface area contributed by atoms with Crippen molar-refractivity contribution in [2.45, 2.75) is 25.1 Å². The maximum Gasteiger partial charge on any atom is 0.225 e. The van der Waals surface area contributed by atoms with Crippen molar-refractivity contribution in [3.05, 3.63) is 53.4 Å². The van der Waals surface area contributed by atoms with Gasteiger partial charge in [0.05, 0.1) is 18.0 Å². The van der Waals surface area contributed by atoms with E-state index in [1.807, 2.05) is 4.90 Å². The van der Waals surface area contributed by atoms with E-state index in [2.05, 4.69) is 14.7 Å². The van der Waals surface area contributed by atoms with Crippen molar-refractivity contribution in [1.82, 2.24) is 14.7 Å². The van der Waals surface area contributed by atoms with E-state index in [0.717, 1.165) is 38.1 Å². The fourth-order valence-corrected chi connectivity index (χ4v) is 3.78. The first-order chi connectivity index (χ1) is 11.9. The first-order valence-electron chi connectivity index (χ1n) is 7.90. The Morgan fingerprint density at radius 1 is 1.12 bits per heavy atom. The van der Waals surface area contributed by atoms with Crippen LogP contribution in [-0.4, -0.2) is 31.5 Å². The molecule has 134 valence electrons. The van der Waals surface area contributed by atoms with Gasteiger partial charge in [-0.1, -0.05) is 0 Å². The van der Waals surface area contributed by atoms with Gasteiger partial charge in [-0.3, -0.25) is 0 Å². The second-order valence-corrected chi connectivity index (χ2v) is 7.71. The van der Waals surface area contributed by atoms with Crippen LogP contribution in [0.3, 0.4) is 0 Å². The molecule has 0 amide bonds. The normalized spacial score (nSPS) is 14.9. The van der Waals surface area contributed by atoms with Gasteiger partial charge in [0.15, 0.2) is 0 Å². The molecule has 0 saturated carbocycles. The van der Waals surface area contributed by atoms with E-state index in [9.17, 15) is 17.2 Å². The van der Waals surface area contributed by atoms with Crippen LogP contribution in [0.2, 0.25) is 0 Å². The van der Waals surface area contributed by atoms with Gasteiger partial charge in [-0.25, -0.2) is 31.9 Å². The van der Waals surface area contributed by atoms with E-state index >= 15 is 0 Å². The maximum atomic E-state index is 13.2. The van der Waals surface area contributed by atoms with Crippen LogP contribution in [0.15, 0.2) is 30.5 Å². The fraction of sp³-hybridized carbons (Fsp3) is 0.375. The Morgan fingerprint density at radius 3 is 2.48 bits per heavy atom. The predicted molar refractivity (Wildman–Crippen MR) is 89.3 cm³/mol. The zero-order chi connectivity index (χ0) is 17.9. The summed E-state index contributed by atoms with van der Waals surface area (Å²) in [5, 5.41) is 0. The minimum absolute atomic E-state index is 0.0104. The molecule has 6 nitrogen and oxygen atoms in total. The number of hydrogen-bond acceptors (Lipinski definition) is 5. The molecule has 0 spiro atoms. The van der Waals surface area contributed by atoms with Crippen LogP contribution in [0.25, 0.3) is 0 Å². The van der Waals surface area contributed by atoms with Crippen LogP contribution in [0.1, 0.15) is 24.1 Å². The highest BCUT2D eigenvalue weighted by Gasteiger charge is 2.16. The highest BCUT2D eigenvalue weighted by molar-refractivity contribution is 7.88. The van der Waals surface area contributed by atoms with Gasteiger partial charge in [-0.05, 0) is 36.6 Å². The van der Waals surface area contributed by atoms with Gasteiger partial charge < -0.3 is 4.90 Å². The summed E-state index contributed by atoms with van der Waals surface area (Å²) >= 11 is 0. The van der Waals surface area contributed by atoms with Crippen LogP contribution >= 0.6 is 0 Å². The van der Waals surface area contributed by atoms with Gasteiger partial charge in [0.25, 0.3) is 0 Å². The second-order valence-electron chi connectivity index (χ2n) is 5.90. The van der Waals surface area contributed by atoms with Crippen LogP contribution in [-0.2, 0) is 22.3 Å². The Hall–Kier alpha value is -2.13. The lowest BCUT2D eigenvalue weighted by atomic mass is 10.2. The predicted octanol–water partition coefficient (Wildman–Crippen LogP) is 1.97. The molecular weight excluding hydrogens is 350 g/mol. The van der Waals surface area contributed by atoms with Crippen molar-refractivity contribution < 1.29 is 17.2 Å². The summed E-state index contributed by atoms with van der Waals surface area (Å²) in [6.07, 6.45) is 3.76. The first-order valence-corrected chi connectivity index (χ1v) is 9.56. The topological polar surface area (TPSA) is 75.2 Å². The molecule has 0 unspecified atom stereocenters. The summed E-state index contributed by atoms with van der Waals surface area (Å²) in [5.74, 6) is -1.54. The van der Waals surface area contributed by atoms with Crippen LogP contribution in [0.4, 0.5) is 14.7 Å². The van der Waals surface area contributed by atoms with Gasteiger partial charge in [0.2, 0.25) is 16.0 Å². The number of halogens is 2. The molecule has 1 N–H and O–H groups in total. The van der Waals surface area contributed by atoms with Crippen molar-refractivity contribution in [3.8, 4) is 0 Å². The molecule has 1 saturated heterocycles. The fourth-order valence-electron chi connectivity index (χ4n) is 2.70. The molecule has 2 aromatic rings. The lowest BCUT2D eigenvalue weighted by Gasteiger charge is -2.15. The Bertz CT molecular complexity index is 835. The zero-order valence-corrected chi connectivity index (χ0v) is 14.3. The molecule has 9 heteroatoms. The van der Waals surface area contributed by atoms with Crippen molar-refractivity contribution >= 4 is 16.0 Å². The summed E-state index contributed by atoms with van der Waals surface area (Å²) in [7, 11) is -3.76. The van der Waals surface area contributed by atoms with Crippen molar-refractivity contribution in [2.24, 2.45) is 0 Å². The third kappa shape index (κ3) is 4.93. The van der Waals surface area contributed by atoms with Gasteiger partial charge in [0, 0.05) is 25.4 Å². The van der Waals surface area contributed by atoms with E-state index < -0.39 is 27.4 Å². The molecule has 1 aliphatic rings. The number of benzene rings is 1. The molecule has 25 heavy (non-hydrogen) atoms. The number of anilines is 1. The summed E-state index contributed by atoms with van der Waals surface area (Å²) in [5.41, 5.74) is 0.580. The number of aromatic nitrogens is 2. The Labute approximate surface area is 145 Å². The molecule has 0 aliphatic carbocycles. The van der Waals surface area contributed by atoms with Gasteiger partial charge in [0.1, 0.15) is 11.6 Å². The average molecular weight is 368 g/mol. The molecule has 0 bridgehead atoms. The highest BCUT2D eigenvalue weighted by atomic mass is 32.2. The van der Waals surface area contributed by atoms with E-state index in [1.54, 1.807) is 12.3 Å². The van der Waals surface area contributed by atoms with Gasteiger partial charge >= 0.3 is 0 Å². The number of nitrogens with zero attached hydrogens (tertiary/aromatic N) is 3. The van der Waals surface area contributed by atoms with E-state index in [0.29, 0.717) is 17.7 Å². The molecule has 0 radical (unpaired) electrons. The van der Waals surface area contributed by atoms with Gasteiger partial charge in [-0.2, -0.15) is 0 Å². The third-order valence-electron chi connectivity index (χ3n) is 3.84. The lowest BCUT2D eigenvalue weighted by molar-refractivity contribution is 0.574. The molecule has 1 aromatic carbocycles. The summed E-state index contributed by atoms with van der Waals surface area (Å²) in [6.45, 7) is 1.77.